The first-order valence-corrected chi connectivity index (χ1v) is 8.94. The Balaban J connectivity index is 1.88. The van der Waals surface area contributed by atoms with E-state index in [1.165, 1.54) is 19.2 Å². The lowest BCUT2D eigenvalue weighted by atomic mass is 10.0. The molecule has 1 aliphatic rings. The highest BCUT2D eigenvalue weighted by atomic mass is 35.5. The molecular formula is C16H16ClNO4S. The third-order valence-corrected chi connectivity index (χ3v) is 5.40. The Morgan fingerprint density at radius 2 is 1.96 bits per heavy atom. The highest BCUT2D eigenvalue weighted by molar-refractivity contribution is 7.89. The Morgan fingerprint density at radius 1 is 1.22 bits per heavy atom. The molecule has 0 spiro atoms. The van der Waals surface area contributed by atoms with Crippen LogP contribution in [0.5, 0.6) is 11.5 Å². The maximum absolute atomic E-state index is 12.6. The number of hydrogen-bond donors (Lipinski definition) is 1. The van der Waals surface area contributed by atoms with Gasteiger partial charge < -0.3 is 9.47 Å². The molecule has 5 nitrogen and oxygen atoms in total. The standard InChI is InChI=1S/C16H16ClNO4S/c1-21-12-3-5-13(6-4-12)23(19,20)18-15-8-9-22-16-7-2-11(17)10-14(15)16/h2-7,10,15,18H,8-9H2,1H3. The molecule has 2 aromatic rings. The fourth-order valence-electron chi connectivity index (χ4n) is 2.50. The van der Waals surface area contributed by atoms with Crippen molar-refractivity contribution < 1.29 is 17.9 Å². The van der Waals surface area contributed by atoms with Crippen molar-refractivity contribution in [3.8, 4) is 11.5 Å². The number of rotatable bonds is 4. The molecule has 0 bridgehead atoms. The number of halogens is 1. The molecule has 0 fully saturated rings. The molecule has 2 aromatic carbocycles. The topological polar surface area (TPSA) is 64.6 Å². The molecule has 1 N–H and O–H groups in total. The lowest BCUT2D eigenvalue weighted by Gasteiger charge is -2.26. The van der Waals surface area contributed by atoms with Crippen molar-refractivity contribution in [3.05, 3.63) is 53.1 Å². The molecule has 0 saturated carbocycles. The van der Waals surface area contributed by atoms with E-state index < -0.39 is 10.0 Å². The first-order chi connectivity index (χ1) is 11.0. The minimum Gasteiger partial charge on any atom is -0.497 e. The summed E-state index contributed by atoms with van der Waals surface area (Å²) in [7, 11) is -2.11. The van der Waals surface area contributed by atoms with Gasteiger partial charge in [-0.1, -0.05) is 11.6 Å². The second kappa shape index (κ2) is 6.39. The molecule has 0 aliphatic carbocycles. The predicted molar refractivity (Wildman–Crippen MR) is 87.6 cm³/mol. The van der Waals surface area contributed by atoms with Gasteiger partial charge in [-0.25, -0.2) is 13.1 Å². The van der Waals surface area contributed by atoms with E-state index in [9.17, 15) is 8.42 Å². The Morgan fingerprint density at radius 3 is 2.65 bits per heavy atom. The van der Waals surface area contributed by atoms with Gasteiger partial charge in [-0.3, -0.25) is 0 Å². The number of benzene rings is 2. The van der Waals surface area contributed by atoms with Crippen molar-refractivity contribution in [3.63, 3.8) is 0 Å². The summed E-state index contributed by atoms with van der Waals surface area (Å²) in [4.78, 5) is 0.188. The number of ether oxygens (including phenoxy) is 2. The predicted octanol–water partition coefficient (Wildman–Crippen LogP) is 3.15. The number of hydrogen-bond acceptors (Lipinski definition) is 4. The van der Waals surface area contributed by atoms with E-state index in [2.05, 4.69) is 4.72 Å². The number of sulfonamides is 1. The molecule has 1 atom stereocenters. The summed E-state index contributed by atoms with van der Waals surface area (Å²) < 4.78 is 38.5. The molecule has 0 aromatic heterocycles. The zero-order chi connectivity index (χ0) is 16.4. The van der Waals surface area contributed by atoms with Crippen molar-refractivity contribution in [2.45, 2.75) is 17.4 Å². The summed E-state index contributed by atoms with van der Waals surface area (Å²) in [6.07, 6.45) is 0.544. The summed E-state index contributed by atoms with van der Waals surface area (Å²) in [5.74, 6) is 1.26. The van der Waals surface area contributed by atoms with Gasteiger partial charge in [-0.05, 0) is 42.5 Å². The number of nitrogens with one attached hydrogen (secondary N) is 1. The van der Waals surface area contributed by atoms with Crippen molar-refractivity contribution in [2.75, 3.05) is 13.7 Å². The van der Waals surface area contributed by atoms with Crippen LogP contribution in [0.15, 0.2) is 47.4 Å². The van der Waals surface area contributed by atoms with Gasteiger partial charge in [-0.2, -0.15) is 0 Å². The normalized spacial score (nSPS) is 17.2. The van der Waals surface area contributed by atoms with E-state index in [0.29, 0.717) is 29.5 Å². The van der Waals surface area contributed by atoms with Gasteiger partial charge in [0.2, 0.25) is 10.0 Å². The minimum atomic E-state index is -3.64. The summed E-state index contributed by atoms with van der Waals surface area (Å²) in [5, 5.41) is 0.544. The second-order valence-electron chi connectivity index (χ2n) is 5.17. The fourth-order valence-corrected chi connectivity index (χ4v) is 3.93. The maximum atomic E-state index is 12.6. The van der Waals surface area contributed by atoms with Gasteiger partial charge in [0.25, 0.3) is 0 Å². The van der Waals surface area contributed by atoms with E-state index in [0.717, 1.165) is 5.56 Å². The lowest BCUT2D eigenvalue weighted by Crippen LogP contribution is -2.32. The van der Waals surface area contributed by atoms with E-state index in [1.54, 1.807) is 30.3 Å². The fraction of sp³-hybridized carbons (Fsp3) is 0.250. The van der Waals surface area contributed by atoms with Crippen LogP contribution in [0.1, 0.15) is 18.0 Å². The molecule has 0 saturated heterocycles. The van der Waals surface area contributed by atoms with Gasteiger partial charge in [0.1, 0.15) is 11.5 Å². The van der Waals surface area contributed by atoms with Crippen LogP contribution in [0.4, 0.5) is 0 Å². The Bertz CT molecular complexity index is 805. The third-order valence-electron chi connectivity index (χ3n) is 3.68. The van der Waals surface area contributed by atoms with Gasteiger partial charge >= 0.3 is 0 Å². The minimum absolute atomic E-state index is 0.188. The molecule has 122 valence electrons. The molecule has 1 unspecified atom stereocenters. The van der Waals surface area contributed by atoms with Crippen LogP contribution in [-0.4, -0.2) is 22.1 Å². The van der Waals surface area contributed by atoms with Gasteiger partial charge in [-0.15, -0.1) is 0 Å². The molecular weight excluding hydrogens is 338 g/mol. The van der Waals surface area contributed by atoms with Crippen LogP contribution in [0.25, 0.3) is 0 Å². The van der Waals surface area contributed by atoms with E-state index >= 15 is 0 Å². The van der Waals surface area contributed by atoms with E-state index in [1.807, 2.05) is 0 Å². The average Bonchev–Trinajstić information content (AvgIpc) is 2.55. The van der Waals surface area contributed by atoms with Crippen LogP contribution < -0.4 is 14.2 Å². The quantitative estimate of drug-likeness (QED) is 0.917. The molecule has 3 rings (SSSR count). The Kier molecular flexibility index (Phi) is 4.48. The smallest absolute Gasteiger partial charge is 0.241 e. The zero-order valence-corrected chi connectivity index (χ0v) is 14.0. The van der Waals surface area contributed by atoms with Crippen molar-refractivity contribution in [1.82, 2.24) is 4.72 Å². The largest absolute Gasteiger partial charge is 0.497 e. The first-order valence-electron chi connectivity index (χ1n) is 7.08. The third kappa shape index (κ3) is 3.44. The van der Waals surface area contributed by atoms with Gasteiger partial charge in [0, 0.05) is 17.0 Å². The summed E-state index contributed by atoms with van der Waals surface area (Å²) in [5.41, 5.74) is 0.751. The molecule has 0 radical (unpaired) electrons. The van der Waals surface area contributed by atoms with Crippen molar-refractivity contribution in [2.24, 2.45) is 0 Å². The molecule has 1 heterocycles. The SMILES string of the molecule is COc1ccc(S(=O)(=O)NC2CCOc3ccc(Cl)cc32)cc1. The maximum Gasteiger partial charge on any atom is 0.241 e. The van der Waals surface area contributed by atoms with Gasteiger partial charge in [0.05, 0.1) is 24.7 Å². The summed E-state index contributed by atoms with van der Waals surface area (Å²) in [6.45, 7) is 0.449. The molecule has 7 heteroatoms. The van der Waals surface area contributed by atoms with Crippen LogP contribution in [0, 0.1) is 0 Å². The van der Waals surface area contributed by atoms with Crippen LogP contribution >= 0.6 is 11.6 Å². The summed E-state index contributed by atoms with van der Waals surface area (Å²) >= 11 is 6.02. The van der Waals surface area contributed by atoms with Crippen LogP contribution in [-0.2, 0) is 10.0 Å². The average molecular weight is 354 g/mol. The monoisotopic (exact) mass is 353 g/mol. The van der Waals surface area contributed by atoms with E-state index in [-0.39, 0.29) is 10.9 Å². The van der Waals surface area contributed by atoms with Crippen LogP contribution in [0.3, 0.4) is 0 Å². The second-order valence-corrected chi connectivity index (χ2v) is 7.32. The molecule has 0 amide bonds. The van der Waals surface area contributed by atoms with E-state index in [4.69, 9.17) is 21.1 Å². The lowest BCUT2D eigenvalue weighted by molar-refractivity contribution is 0.263. The Hall–Kier alpha value is -1.76. The van der Waals surface area contributed by atoms with Crippen LogP contribution in [0.2, 0.25) is 5.02 Å². The number of methoxy groups -OCH3 is 1. The summed E-state index contributed by atoms with van der Waals surface area (Å²) in [6, 6.07) is 11.1. The van der Waals surface area contributed by atoms with Gasteiger partial charge in [0.15, 0.2) is 0 Å². The van der Waals surface area contributed by atoms with Crippen molar-refractivity contribution >= 4 is 21.6 Å². The Labute approximate surface area is 140 Å². The first kappa shape index (κ1) is 16.1. The molecule has 23 heavy (non-hydrogen) atoms. The zero-order valence-electron chi connectivity index (χ0n) is 12.5. The highest BCUT2D eigenvalue weighted by Gasteiger charge is 2.27. The highest BCUT2D eigenvalue weighted by Crippen LogP contribution is 2.35. The molecule has 1 aliphatic heterocycles. The van der Waals surface area contributed by atoms with Crippen molar-refractivity contribution in [1.29, 1.82) is 0 Å². The number of fused-ring (bicyclic) bond motifs is 1.